The zero-order valence-corrected chi connectivity index (χ0v) is 10.2. The molecule has 0 saturated carbocycles. The lowest BCUT2D eigenvalue weighted by Gasteiger charge is -2.44. The van der Waals surface area contributed by atoms with Crippen LogP contribution in [-0.2, 0) is 9.53 Å². The monoisotopic (exact) mass is 221 g/mol. The average Bonchev–Trinajstić information content (AvgIpc) is 2.51. The molecule has 0 aromatic rings. The second-order valence-corrected chi connectivity index (χ2v) is 5.43. The topological polar surface area (TPSA) is 29.5 Å². The summed E-state index contributed by atoms with van der Waals surface area (Å²) < 4.78 is 5.93. The van der Waals surface area contributed by atoms with Crippen molar-refractivity contribution in [3.05, 3.63) is 11.3 Å². The van der Waals surface area contributed by atoms with Gasteiger partial charge in [0.25, 0.3) is 0 Å². The van der Waals surface area contributed by atoms with E-state index < -0.39 is 0 Å². The standard InChI is InChI=1S/C13H19NO2/c1-7-8(2)16-11-6-9-4-5-10(14(9)3)12(11)13(7)15/h9-12H,4-6H2,1-3H3. The number of fused-ring (bicyclic) bond motifs is 4. The number of ether oxygens (including phenoxy) is 1. The average molecular weight is 221 g/mol. The van der Waals surface area contributed by atoms with E-state index in [0.29, 0.717) is 17.9 Å². The molecule has 3 rings (SSSR count). The Balaban J connectivity index is 1.98. The third-order valence-corrected chi connectivity index (χ3v) is 4.74. The fourth-order valence-corrected chi connectivity index (χ4v) is 3.62. The molecule has 3 aliphatic heterocycles. The smallest absolute Gasteiger partial charge is 0.170 e. The molecule has 2 fully saturated rings. The van der Waals surface area contributed by atoms with Gasteiger partial charge in [-0.3, -0.25) is 9.69 Å². The van der Waals surface area contributed by atoms with E-state index in [1.807, 2.05) is 13.8 Å². The van der Waals surface area contributed by atoms with E-state index in [2.05, 4.69) is 11.9 Å². The van der Waals surface area contributed by atoms with Gasteiger partial charge in [-0.2, -0.15) is 0 Å². The fourth-order valence-electron chi connectivity index (χ4n) is 3.62. The number of rotatable bonds is 0. The lowest BCUT2D eigenvalue weighted by molar-refractivity contribution is -0.133. The molecule has 0 amide bonds. The van der Waals surface area contributed by atoms with Crippen LogP contribution in [0.2, 0.25) is 0 Å². The van der Waals surface area contributed by atoms with Crippen LogP contribution in [0.3, 0.4) is 0 Å². The minimum absolute atomic E-state index is 0.0902. The van der Waals surface area contributed by atoms with E-state index in [1.54, 1.807) is 0 Å². The van der Waals surface area contributed by atoms with Crippen LogP contribution in [-0.4, -0.2) is 35.9 Å². The molecule has 2 bridgehead atoms. The quantitative estimate of drug-likeness (QED) is 0.624. The normalized spacial score (nSPS) is 43.3. The first kappa shape index (κ1) is 10.3. The van der Waals surface area contributed by atoms with Crippen molar-refractivity contribution >= 4 is 5.78 Å². The highest BCUT2D eigenvalue weighted by atomic mass is 16.5. The van der Waals surface area contributed by atoms with Gasteiger partial charge in [-0.1, -0.05) is 0 Å². The van der Waals surface area contributed by atoms with E-state index in [1.165, 1.54) is 6.42 Å². The maximum atomic E-state index is 12.3. The molecular weight excluding hydrogens is 202 g/mol. The highest BCUT2D eigenvalue weighted by molar-refractivity contribution is 5.98. The molecule has 3 nitrogen and oxygen atoms in total. The Morgan fingerprint density at radius 3 is 2.81 bits per heavy atom. The SMILES string of the molecule is CC1=C(C)C(=O)C2C(CC3CCC2N3C)O1. The number of hydrogen-bond acceptors (Lipinski definition) is 3. The summed E-state index contributed by atoms with van der Waals surface area (Å²) in [5, 5.41) is 0. The van der Waals surface area contributed by atoms with Gasteiger partial charge in [-0.15, -0.1) is 0 Å². The fraction of sp³-hybridized carbons (Fsp3) is 0.769. The van der Waals surface area contributed by atoms with E-state index in [-0.39, 0.29) is 12.0 Å². The van der Waals surface area contributed by atoms with Gasteiger partial charge in [0, 0.05) is 24.1 Å². The summed E-state index contributed by atoms with van der Waals surface area (Å²) in [7, 11) is 2.16. The molecule has 4 unspecified atom stereocenters. The molecule has 0 aromatic heterocycles. The molecular formula is C13H19NO2. The van der Waals surface area contributed by atoms with Crippen LogP contribution in [0, 0.1) is 5.92 Å². The predicted octanol–water partition coefficient (Wildman–Crippen LogP) is 1.73. The van der Waals surface area contributed by atoms with E-state index >= 15 is 0 Å². The maximum absolute atomic E-state index is 12.3. The molecule has 0 radical (unpaired) electrons. The van der Waals surface area contributed by atoms with E-state index in [9.17, 15) is 4.79 Å². The summed E-state index contributed by atoms with van der Waals surface area (Å²) in [5.41, 5.74) is 0.833. The zero-order valence-electron chi connectivity index (χ0n) is 10.2. The summed E-state index contributed by atoms with van der Waals surface area (Å²) in [4.78, 5) is 14.7. The Kier molecular flexibility index (Phi) is 2.15. The van der Waals surface area contributed by atoms with Crippen LogP contribution in [0.15, 0.2) is 11.3 Å². The first-order chi connectivity index (χ1) is 7.59. The van der Waals surface area contributed by atoms with Crippen molar-refractivity contribution in [2.45, 2.75) is 51.3 Å². The molecule has 0 aromatic carbocycles. The minimum Gasteiger partial charge on any atom is -0.494 e. The first-order valence-electron chi connectivity index (χ1n) is 6.20. The number of carbonyl (C=O) groups excluding carboxylic acids is 1. The van der Waals surface area contributed by atoms with Crippen molar-refractivity contribution in [2.24, 2.45) is 5.92 Å². The summed E-state index contributed by atoms with van der Waals surface area (Å²) in [6.07, 6.45) is 3.55. The lowest BCUT2D eigenvalue weighted by atomic mass is 9.80. The summed E-state index contributed by atoms with van der Waals surface area (Å²) in [6, 6.07) is 1.05. The van der Waals surface area contributed by atoms with E-state index in [4.69, 9.17) is 4.74 Å². The number of allylic oxidation sites excluding steroid dienone is 2. The molecule has 4 atom stereocenters. The lowest BCUT2D eigenvalue weighted by Crippen LogP contribution is -2.54. The molecule has 88 valence electrons. The van der Waals surface area contributed by atoms with Gasteiger partial charge < -0.3 is 4.74 Å². The summed E-state index contributed by atoms with van der Waals surface area (Å²) in [5.74, 6) is 1.26. The molecule has 3 heterocycles. The molecule has 0 spiro atoms. The summed E-state index contributed by atoms with van der Waals surface area (Å²) in [6.45, 7) is 3.82. The van der Waals surface area contributed by atoms with Gasteiger partial charge in [-0.05, 0) is 33.7 Å². The van der Waals surface area contributed by atoms with Crippen LogP contribution >= 0.6 is 0 Å². The number of piperidine rings is 1. The number of carbonyl (C=O) groups is 1. The largest absolute Gasteiger partial charge is 0.494 e. The third-order valence-electron chi connectivity index (χ3n) is 4.74. The molecule has 0 N–H and O–H groups in total. The number of hydrogen-bond donors (Lipinski definition) is 0. The van der Waals surface area contributed by atoms with Gasteiger partial charge in [0.05, 0.1) is 11.7 Å². The van der Waals surface area contributed by atoms with Crippen LogP contribution in [0.5, 0.6) is 0 Å². The maximum Gasteiger partial charge on any atom is 0.170 e. The van der Waals surface area contributed by atoms with Crippen molar-refractivity contribution in [1.82, 2.24) is 4.90 Å². The van der Waals surface area contributed by atoms with Crippen LogP contribution in [0.25, 0.3) is 0 Å². The molecule has 3 heteroatoms. The van der Waals surface area contributed by atoms with Gasteiger partial charge in [0.2, 0.25) is 0 Å². The van der Waals surface area contributed by atoms with Crippen molar-refractivity contribution in [3.8, 4) is 0 Å². The van der Waals surface area contributed by atoms with Crippen molar-refractivity contribution in [1.29, 1.82) is 0 Å². The Bertz CT molecular complexity index is 374. The number of Topliss-reactive ketones (excluding diaryl/α,β-unsaturated/α-hetero) is 1. The Hall–Kier alpha value is -0.830. The van der Waals surface area contributed by atoms with Crippen molar-refractivity contribution in [3.63, 3.8) is 0 Å². The van der Waals surface area contributed by atoms with Gasteiger partial charge in [-0.25, -0.2) is 0 Å². The van der Waals surface area contributed by atoms with Gasteiger partial charge in [0.1, 0.15) is 6.10 Å². The molecule has 16 heavy (non-hydrogen) atoms. The minimum atomic E-state index is 0.0902. The van der Waals surface area contributed by atoms with Crippen molar-refractivity contribution in [2.75, 3.05) is 7.05 Å². The zero-order chi connectivity index (χ0) is 11.4. The predicted molar refractivity (Wildman–Crippen MR) is 60.9 cm³/mol. The summed E-state index contributed by atoms with van der Waals surface area (Å²) >= 11 is 0. The molecule has 2 saturated heterocycles. The second kappa shape index (κ2) is 3.33. The number of nitrogens with zero attached hydrogens (tertiary/aromatic N) is 1. The first-order valence-corrected chi connectivity index (χ1v) is 6.20. The second-order valence-electron chi connectivity index (χ2n) is 5.43. The molecule has 0 aliphatic carbocycles. The molecule has 3 aliphatic rings. The van der Waals surface area contributed by atoms with Gasteiger partial charge >= 0.3 is 0 Å². The highest BCUT2D eigenvalue weighted by Gasteiger charge is 2.51. The van der Waals surface area contributed by atoms with Gasteiger partial charge in [0.15, 0.2) is 5.78 Å². The van der Waals surface area contributed by atoms with Crippen molar-refractivity contribution < 1.29 is 9.53 Å². The van der Waals surface area contributed by atoms with Crippen LogP contribution < -0.4 is 0 Å². The van der Waals surface area contributed by atoms with Crippen LogP contribution in [0.4, 0.5) is 0 Å². The van der Waals surface area contributed by atoms with Crippen LogP contribution in [0.1, 0.15) is 33.1 Å². The highest BCUT2D eigenvalue weighted by Crippen LogP contribution is 2.43. The van der Waals surface area contributed by atoms with E-state index in [0.717, 1.165) is 24.2 Å². The Morgan fingerprint density at radius 1 is 1.31 bits per heavy atom. The Labute approximate surface area is 96.4 Å². The number of ketones is 1. The third kappa shape index (κ3) is 1.21. The Morgan fingerprint density at radius 2 is 2.06 bits per heavy atom.